The summed E-state index contributed by atoms with van der Waals surface area (Å²) in [4.78, 5) is 33.2. The molecule has 0 N–H and O–H groups in total. The SMILES string of the molecule is O=C(c1ccc(Oc2ncccn2)cc1)N1CCN(c2ncccn2)CC1. The molecule has 0 aliphatic carbocycles. The summed E-state index contributed by atoms with van der Waals surface area (Å²) in [6.07, 6.45) is 6.68. The highest BCUT2D eigenvalue weighted by molar-refractivity contribution is 5.94. The molecule has 1 amide bonds. The van der Waals surface area contributed by atoms with Gasteiger partial charge in [0.25, 0.3) is 5.91 Å². The number of amides is 1. The normalized spacial score (nSPS) is 14.1. The van der Waals surface area contributed by atoms with Crippen molar-refractivity contribution >= 4 is 11.9 Å². The van der Waals surface area contributed by atoms with Gasteiger partial charge >= 0.3 is 6.01 Å². The summed E-state index contributed by atoms with van der Waals surface area (Å²) in [5.74, 6) is 1.30. The second-order valence-electron chi connectivity index (χ2n) is 5.99. The standard InChI is InChI=1S/C19H18N6O2/c26-17(24-11-13-25(14-12-24)18-20-7-1-8-21-18)15-3-5-16(6-4-15)27-19-22-9-2-10-23-19/h1-10H,11-14H2. The predicted molar refractivity (Wildman–Crippen MR) is 98.7 cm³/mol. The molecule has 3 aromatic rings. The molecule has 8 nitrogen and oxygen atoms in total. The van der Waals surface area contributed by atoms with Gasteiger partial charge in [0.2, 0.25) is 5.95 Å². The zero-order valence-electron chi connectivity index (χ0n) is 14.6. The summed E-state index contributed by atoms with van der Waals surface area (Å²) in [7, 11) is 0. The summed E-state index contributed by atoms with van der Waals surface area (Å²) in [6, 6.07) is 10.8. The first-order valence-corrected chi connectivity index (χ1v) is 8.66. The Hall–Kier alpha value is -3.55. The first-order valence-electron chi connectivity index (χ1n) is 8.66. The summed E-state index contributed by atoms with van der Waals surface area (Å²) < 4.78 is 5.55. The average molecular weight is 362 g/mol. The van der Waals surface area contributed by atoms with Crippen LogP contribution >= 0.6 is 0 Å². The van der Waals surface area contributed by atoms with Crippen LogP contribution in [-0.2, 0) is 0 Å². The number of benzene rings is 1. The van der Waals surface area contributed by atoms with Crippen molar-refractivity contribution in [1.29, 1.82) is 0 Å². The number of aromatic nitrogens is 4. The van der Waals surface area contributed by atoms with Crippen LogP contribution in [0.5, 0.6) is 11.8 Å². The van der Waals surface area contributed by atoms with Gasteiger partial charge in [-0.3, -0.25) is 4.79 Å². The van der Waals surface area contributed by atoms with E-state index in [0.717, 1.165) is 0 Å². The van der Waals surface area contributed by atoms with Crippen LogP contribution in [0.3, 0.4) is 0 Å². The number of carbonyl (C=O) groups excluding carboxylic acids is 1. The van der Waals surface area contributed by atoms with Gasteiger partial charge in [-0.1, -0.05) is 0 Å². The molecule has 0 saturated carbocycles. The molecule has 0 unspecified atom stereocenters. The van der Waals surface area contributed by atoms with E-state index in [2.05, 4.69) is 24.8 Å². The van der Waals surface area contributed by atoms with Crippen LogP contribution in [0.2, 0.25) is 0 Å². The van der Waals surface area contributed by atoms with Crippen molar-refractivity contribution in [2.45, 2.75) is 0 Å². The maximum Gasteiger partial charge on any atom is 0.321 e. The molecule has 8 heteroatoms. The second-order valence-corrected chi connectivity index (χ2v) is 5.99. The maximum absolute atomic E-state index is 12.7. The van der Waals surface area contributed by atoms with Gasteiger partial charge in [-0.25, -0.2) is 19.9 Å². The summed E-state index contributed by atoms with van der Waals surface area (Å²) >= 11 is 0. The number of carbonyl (C=O) groups is 1. The molecule has 0 bridgehead atoms. The highest BCUT2D eigenvalue weighted by atomic mass is 16.5. The van der Waals surface area contributed by atoms with Gasteiger partial charge in [0.15, 0.2) is 0 Å². The summed E-state index contributed by atoms with van der Waals surface area (Å²) in [6.45, 7) is 2.69. The summed E-state index contributed by atoms with van der Waals surface area (Å²) in [5.41, 5.74) is 0.626. The fraction of sp³-hybridized carbons (Fsp3) is 0.211. The van der Waals surface area contributed by atoms with E-state index < -0.39 is 0 Å². The molecule has 1 aliphatic rings. The lowest BCUT2D eigenvalue weighted by atomic mass is 10.1. The highest BCUT2D eigenvalue weighted by Crippen LogP contribution is 2.19. The molecule has 0 atom stereocenters. The third-order valence-corrected chi connectivity index (χ3v) is 4.25. The van der Waals surface area contributed by atoms with E-state index in [4.69, 9.17) is 4.74 Å². The van der Waals surface area contributed by atoms with E-state index in [1.165, 1.54) is 0 Å². The molecule has 1 saturated heterocycles. The highest BCUT2D eigenvalue weighted by Gasteiger charge is 2.23. The van der Waals surface area contributed by atoms with Crippen molar-refractivity contribution in [3.63, 3.8) is 0 Å². The fourth-order valence-electron chi connectivity index (χ4n) is 2.86. The third-order valence-electron chi connectivity index (χ3n) is 4.25. The maximum atomic E-state index is 12.7. The topological polar surface area (TPSA) is 84.3 Å². The van der Waals surface area contributed by atoms with Crippen molar-refractivity contribution in [2.24, 2.45) is 0 Å². The van der Waals surface area contributed by atoms with Crippen molar-refractivity contribution in [3.8, 4) is 11.8 Å². The van der Waals surface area contributed by atoms with Gasteiger partial charge in [0.05, 0.1) is 0 Å². The van der Waals surface area contributed by atoms with Crippen molar-refractivity contribution < 1.29 is 9.53 Å². The van der Waals surface area contributed by atoms with Gasteiger partial charge < -0.3 is 14.5 Å². The Morgan fingerprint density at radius 3 is 2.04 bits per heavy atom. The van der Waals surface area contributed by atoms with Crippen LogP contribution in [0.25, 0.3) is 0 Å². The van der Waals surface area contributed by atoms with Crippen LogP contribution in [-0.4, -0.2) is 56.9 Å². The van der Waals surface area contributed by atoms with E-state index in [0.29, 0.717) is 43.4 Å². The monoisotopic (exact) mass is 362 g/mol. The van der Waals surface area contributed by atoms with E-state index in [1.54, 1.807) is 61.2 Å². The Bertz CT molecular complexity index is 881. The molecule has 4 rings (SSSR count). The number of hydrogen-bond acceptors (Lipinski definition) is 7. The minimum atomic E-state index is 0.00569. The Labute approximate surface area is 156 Å². The molecule has 1 fully saturated rings. The van der Waals surface area contributed by atoms with Gasteiger partial charge in [-0.2, -0.15) is 0 Å². The molecule has 2 aromatic heterocycles. The Morgan fingerprint density at radius 2 is 1.41 bits per heavy atom. The molecular weight excluding hydrogens is 344 g/mol. The molecule has 0 spiro atoms. The number of anilines is 1. The Balaban J connectivity index is 1.36. The van der Waals surface area contributed by atoms with Crippen LogP contribution < -0.4 is 9.64 Å². The van der Waals surface area contributed by atoms with Crippen LogP contribution in [0.15, 0.2) is 61.2 Å². The molecule has 1 aromatic carbocycles. The van der Waals surface area contributed by atoms with Gasteiger partial charge in [0.1, 0.15) is 5.75 Å². The smallest absolute Gasteiger partial charge is 0.321 e. The largest absolute Gasteiger partial charge is 0.424 e. The van der Waals surface area contributed by atoms with Crippen LogP contribution in [0.1, 0.15) is 10.4 Å². The van der Waals surface area contributed by atoms with Crippen LogP contribution in [0.4, 0.5) is 5.95 Å². The molecule has 27 heavy (non-hydrogen) atoms. The number of nitrogens with zero attached hydrogens (tertiary/aromatic N) is 6. The summed E-state index contributed by atoms with van der Waals surface area (Å²) in [5, 5.41) is 0. The number of rotatable bonds is 4. The van der Waals surface area contributed by atoms with Crippen molar-refractivity contribution in [1.82, 2.24) is 24.8 Å². The molecular formula is C19H18N6O2. The average Bonchev–Trinajstić information content (AvgIpc) is 2.75. The minimum Gasteiger partial charge on any atom is -0.424 e. The first-order chi connectivity index (χ1) is 13.3. The first kappa shape index (κ1) is 16.9. The quantitative estimate of drug-likeness (QED) is 0.702. The van der Waals surface area contributed by atoms with Gasteiger partial charge in [-0.05, 0) is 36.4 Å². The lowest BCUT2D eigenvalue weighted by molar-refractivity contribution is 0.0746. The Kier molecular flexibility index (Phi) is 4.86. The fourth-order valence-corrected chi connectivity index (χ4v) is 2.86. The molecule has 3 heterocycles. The lowest BCUT2D eigenvalue weighted by Gasteiger charge is -2.34. The van der Waals surface area contributed by atoms with Crippen LogP contribution in [0, 0.1) is 0 Å². The van der Waals surface area contributed by atoms with Gasteiger partial charge in [-0.15, -0.1) is 0 Å². The van der Waals surface area contributed by atoms with E-state index in [-0.39, 0.29) is 11.9 Å². The zero-order chi connectivity index (χ0) is 18.5. The van der Waals surface area contributed by atoms with E-state index in [1.807, 2.05) is 4.90 Å². The van der Waals surface area contributed by atoms with E-state index in [9.17, 15) is 4.79 Å². The number of ether oxygens (including phenoxy) is 1. The lowest BCUT2D eigenvalue weighted by Crippen LogP contribution is -2.49. The molecule has 136 valence electrons. The number of piperazine rings is 1. The Morgan fingerprint density at radius 1 is 0.815 bits per heavy atom. The minimum absolute atomic E-state index is 0.00569. The number of hydrogen-bond donors (Lipinski definition) is 0. The van der Waals surface area contributed by atoms with E-state index >= 15 is 0 Å². The third kappa shape index (κ3) is 4.00. The van der Waals surface area contributed by atoms with Crippen molar-refractivity contribution in [3.05, 3.63) is 66.7 Å². The predicted octanol–water partition coefficient (Wildman–Crippen LogP) is 2.02. The zero-order valence-corrected chi connectivity index (χ0v) is 14.6. The second kappa shape index (κ2) is 7.77. The van der Waals surface area contributed by atoms with Gasteiger partial charge in [0, 0.05) is 56.5 Å². The van der Waals surface area contributed by atoms with Crippen molar-refractivity contribution in [2.75, 3.05) is 31.1 Å². The molecule has 0 radical (unpaired) electrons. The molecule has 1 aliphatic heterocycles.